The van der Waals surface area contributed by atoms with Crippen LogP contribution in [0.3, 0.4) is 0 Å². The maximum Gasteiger partial charge on any atom is 0.340 e. The predicted molar refractivity (Wildman–Crippen MR) is 101 cm³/mol. The number of amides is 2. The number of nitrogens with one attached hydrogen (secondary N) is 1. The third kappa shape index (κ3) is 3.88. The molecule has 1 atom stereocenters. The normalized spacial score (nSPS) is 16.3. The second kappa shape index (κ2) is 8.58. The Morgan fingerprint density at radius 3 is 2.88 bits per heavy atom. The quantitative estimate of drug-likeness (QED) is 0.712. The van der Waals surface area contributed by atoms with Crippen LogP contribution in [0.1, 0.15) is 32.3 Å². The average molecular weight is 417 g/mol. The molecule has 11 heteroatoms. The fourth-order valence-corrected chi connectivity index (χ4v) is 4.11. The lowest BCUT2D eigenvalue weighted by Crippen LogP contribution is -2.41. The molecule has 0 spiro atoms. The zero-order valence-electron chi connectivity index (χ0n) is 13.8. The van der Waals surface area contributed by atoms with Crippen LogP contribution < -0.4 is 16.0 Å². The van der Waals surface area contributed by atoms with Gasteiger partial charge in [-0.25, -0.2) is 9.78 Å². The van der Waals surface area contributed by atoms with Crippen molar-refractivity contribution >= 4 is 57.9 Å². The molecule has 3 N–H and O–H groups in total. The summed E-state index contributed by atoms with van der Waals surface area (Å²) in [4.78, 5) is 42.3. The monoisotopic (exact) mass is 416 g/mol. The molecule has 1 saturated heterocycles. The molecule has 2 aromatic heterocycles. The maximum atomic E-state index is 12.6. The molecule has 0 aliphatic carbocycles. The summed E-state index contributed by atoms with van der Waals surface area (Å²) in [5, 5.41) is 7.23. The lowest BCUT2D eigenvalue weighted by molar-refractivity contribution is -0.118. The molecule has 3 rings (SSSR count). The largest absolute Gasteiger partial charge is 0.465 e. The summed E-state index contributed by atoms with van der Waals surface area (Å²) in [6.45, 7) is 0.683. The minimum atomic E-state index is -0.650. The van der Waals surface area contributed by atoms with Gasteiger partial charge in [-0.3, -0.25) is 9.59 Å². The molecule has 2 aromatic rings. The van der Waals surface area contributed by atoms with Gasteiger partial charge in [0.15, 0.2) is 0 Å². The number of thiazole rings is 1. The van der Waals surface area contributed by atoms with Crippen molar-refractivity contribution in [1.82, 2.24) is 10.3 Å². The van der Waals surface area contributed by atoms with Gasteiger partial charge in [0.05, 0.1) is 12.7 Å². The van der Waals surface area contributed by atoms with Crippen LogP contribution in [0.25, 0.3) is 0 Å². The average Bonchev–Trinajstić information content (AvgIpc) is 3.34. The highest BCUT2D eigenvalue weighted by Crippen LogP contribution is 2.31. The number of hydrogen-bond acceptors (Lipinski definition) is 8. The van der Waals surface area contributed by atoms with Gasteiger partial charge in [0.25, 0.3) is 5.91 Å². The Kier molecular flexibility index (Phi) is 6.70. The minimum absolute atomic E-state index is 0. The van der Waals surface area contributed by atoms with Gasteiger partial charge in [0.1, 0.15) is 21.7 Å². The molecule has 0 aromatic carbocycles. The van der Waals surface area contributed by atoms with E-state index in [0.717, 1.165) is 0 Å². The Bertz CT molecular complexity index is 822. The van der Waals surface area contributed by atoms with Crippen molar-refractivity contribution in [2.45, 2.75) is 19.0 Å². The summed E-state index contributed by atoms with van der Waals surface area (Å²) in [7, 11) is 1.29. The number of methoxy groups -OCH3 is 1. The van der Waals surface area contributed by atoms with E-state index in [1.54, 1.807) is 16.8 Å². The van der Waals surface area contributed by atoms with Crippen molar-refractivity contribution in [2.75, 3.05) is 18.6 Å². The molecular formula is C15H17ClN4O4S2. The van der Waals surface area contributed by atoms with E-state index in [1.807, 2.05) is 0 Å². The lowest BCUT2D eigenvalue weighted by Gasteiger charge is -2.16. The number of halogens is 1. The van der Waals surface area contributed by atoms with Crippen LogP contribution in [0, 0.1) is 0 Å². The highest BCUT2D eigenvalue weighted by molar-refractivity contribution is 7.14. The first-order valence-corrected chi connectivity index (χ1v) is 9.23. The molecule has 0 bridgehead atoms. The summed E-state index contributed by atoms with van der Waals surface area (Å²) < 4.78 is 4.73. The van der Waals surface area contributed by atoms with Crippen LogP contribution in [0.5, 0.6) is 0 Å². The number of carbonyl (C=O) groups is 3. The highest BCUT2D eigenvalue weighted by Gasteiger charge is 2.36. The topological polar surface area (TPSA) is 115 Å². The standard InChI is InChI=1S/C15H16N4O4S2.ClH/c1-23-15(22)8-3-5-24-14(8)19-4-2-9(13(19)21)18-12(20)10-7-25-11(6-16)17-10;/h3,5,7,9H,2,4,6,16H2,1H3,(H,18,20);1H. The minimum Gasteiger partial charge on any atom is -0.465 e. The molecule has 1 fully saturated rings. The lowest BCUT2D eigenvalue weighted by atomic mass is 10.2. The van der Waals surface area contributed by atoms with Gasteiger partial charge in [-0.1, -0.05) is 0 Å². The summed E-state index contributed by atoms with van der Waals surface area (Å²) in [6, 6.07) is 0.970. The van der Waals surface area contributed by atoms with Crippen LogP contribution in [-0.4, -0.2) is 42.5 Å². The number of hydrogen-bond donors (Lipinski definition) is 2. The zero-order valence-corrected chi connectivity index (χ0v) is 16.2. The molecule has 3 heterocycles. The van der Waals surface area contributed by atoms with Gasteiger partial charge in [0.2, 0.25) is 5.91 Å². The number of thiophene rings is 1. The molecule has 2 amide bonds. The van der Waals surface area contributed by atoms with Crippen molar-refractivity contribution in [3.8, 4) is 0 Å². The van der Waals surface area contributed by atoms with Gasteiger partial charge >= 0.3 is 5.97 Å². The maximum absolute atomic E-state index is 12.6. The van der Waals surface area contributed by atoms with E-state index in [0.29, 0.717) is 28.5 Å². The number of nitrogens with zero attached hydrogens (tertiary/aromatic N) is 2. The van der Waals surface area contributed by atoms with Crippen molar-refractivity contribution in [1.29, 1.82) is 0 Å². The van der Waals surface area contributed by atoms with Crippen molar-refractivity contribution in [2.24, 2.45) is 5.73 Å². The first-order chi connectivity index (χ1) is 12.0. The van der Waals surface area contributed by atoms with E-state index in [4.69, 9.17) is 10.5 Å². The number of aromatic nitrogens is 1. The van der Waals surface area contributed by atoms with Crippen LogP contribution in [0.4, 0.5) is 5.00 Å². The van der Waals surface area contributed by atoms with Crippen molar-refractivity contribution < 1.29 is 19.1 Å². The molecule has 1 aliphatic heterocycles. The van der Waals surface area contributed by atoms with Crippen LogP contribution in [0.2, 0.25) is 0 Å². The van der Waals surface area contributed by atoms with Crippen LogP contribution in [0.15, 0.2) is 16.8 Å². The molecule has 0 radical (unpaired) electrons. The SMILES string of the molecule is COC(=O)c1ccsc1N1CCC(NC(=O)c2csc(CN)n2)C1=O.Cl. The third-order valence-corrected chi connectivity index (χ3v) is 5.57. The number of rotatable bonds is 5. The van der Waals surface area contributed by atoms with Gasteiger partial charge in [0, 0.05) is 18.5 Å². The van der Waals surface area contributed by atoms with E-state index in [2.05, 4.69) is 10.3 Å². The Labute approximate surface area is 163 Å². The molecule has 26 heavy (non-hydrogen) atoms. The molecule has 1 unspecified atom stereocenters. The summed E-state index contributed by atoms with van der Waals surface area (Å²) in [6.07, 6.45) is 0.455. The fourth-order valence-electron chi connectivity index (χ4n) is 2.53. The van der Waals surface area contributed by atoms with Crippen LogP contribution >= 0.6 is 35.1 Å². The van der Waals surface area contributed by atoms with Gasteiger partial charge in [-0.15, -0.1) is 35.1 Å². The first-order valence-electron chi connectivity index (χ1n) is 7.47. The van der Waals surface area contributed by atoms with Gasteiger partial charge in [-0.05, 0) is 17.9 Å². The van der Waals surface area contributed by atoms with Gasteiger partial charge in [-0.2, -0.15) is 0 Å². The van der Waals surface area contributed by atoms with Crippen LogP contribution in [-0.2, 0) is 16.1 Å². The molecule has 0 saturated carbocycles. The molecule has 140 valence electrons. The highest BCUT2D eigenvalue weighted by atomic mass is 35.5. The molecule has 1 aliphatic rings. The first kappa shape index (κ1) is 20.3. The summed E-state index contributed by atoms with van der Waals surface area (Å²) >= 11 is 2.59. The summed E-state index contributed by atoms with van der Waals surface area (Å²) in [5.74, 6) is -1.15. The fraction of sp³-hybridized carbons (Fsp3) is 0.333. The Morgan fingerprint density at radius 2 is 2.23 bits per heavy atom. The van der Waals surface area contributed by atoms with E-state index in [9.17, 15) is 14.4 Å². The molecule has 8 nitrogen and oxygen atoms in total. The van der Waals surface area contributed by atoms with E-state index in [-0.39, 0.29) is 30.6 Å². The van der Waals surface area contributed by atoms with Gasteiger partial charge < -0.3 is 20.7 Å². The number of anilines is 1. The zero-order chi connectivity index (χ0) is 18.0. The number of esters is 1. The van der Waals surface area contributed by atoms with E-state index in [1.165, 1.54) is 34.7 Å². The van der Waals surface area contributed by atoms with E-state index >= 15 is 0 Å². The molecular weight excluding hydrogens is 400 g/mol. The smallest absolute Gasteiger partial charge is 0.340 e. The second-order valence-electron chi connectivity index (χ2n) is 5.27. The predicted octanol–water partition coefficient (Wildman–Crippen LogP) is 1.41. The Balaban J connectivity index is 0.00000243. The number of nitrogens with two attached hydrogens (primary N) is 1. The second-order valence-corrected chi connectivity index (χ2v) is 7.10. The Morgan fingerprint density at radius 1 is 1.46 bits per heavy atom. The van der Waals surface area contributed by atoms with E-state index < -0.39 is 17.9 Å². The van der Waals surface area contributed by atoms with Crippen molar-refractivity contribution in [3.63, 3.8) is 0 Å². The number of carbonyl (C=O) groups excluding carboxylic acids is 3. The third-order valence-electron chi connectivity index (χ3n) is 3.77. The Hall–Kier alpha value is -2.01. The summed E-state index contributed by atoms with van der Waals surface area (Å²) in [5.41, 5.74) is 6.09. The van der Waals surface area contributed by atoms with Crippen molar-refractivity contribution in [3.05, 3.63) is 33.1 Å². The number of ether oxygens (including phenoxy) is 1.